The average molecular weight is 300 g/mol. The molecule has 0 aromatic heterocycles. The van der Waals surface area contributed by atoms with Crippen molar-refractivity contribution >= 4 is 0 Å². The van der Waals surface area contributed by atoms with Gasteiger partial charge in [0.15, 0.2) is 0 Å². The summed E-state index contributed by atoms with van der Waals surface area (Å²) in [4.78, 5) is 10.5. The molecule has 3 rings (SSSR count). The first-order chi connectivity index (χ1) is 10.7. The zero-order chi connectivity index (χ0) is 15.4. The molecule has 0 bridgehead atoms. The van der Waals surface area contributed by atoms with Crippen LogP contribution in [0.4, 0.5) is 0 Å². The average Bonchev–Trinajstić information content (AvgIpc) is 2.54. The van der Waals surface area contributed by atoms with E-state index in [1.165, 1.54) is 11.1 Å². The van der Waals surface area contributed by atoms with Gasteiger partial charge in [0.05, 0.1) is 14.2 Å². The molecule has 1 aliphatic heterocycles. The molecule has 1 saturated heterocycles. The maximum Gasteiger partial charge on any atom is 0.138 e. The Morgan fingerprint density at radius 3 is 1.50 bits per heavy atom. The van der Waals surface area contributed by atoms with E-state index < -0.39 is 0 Å². The number of benzene rings is 2. The van der Waals surface area contributed by atoms with Gasteiger partial charge >= 0.3 is 0 Å². The van der Waals surface area contributed by atoms with Crippen LogP contribution in [-0.4, -0.2) is 26.4 Å². The highest BCUT2D eigenvalue weighted by atomic mass is 17.2. The third kappa shape index (κ3) is 3.24. The second kappa shape index (κ2) is 6.38. The van der Waals surface area contributed by atoms with Crippen molar-refractivity contribution in [2.75, 3.05) is 20.8 Å². The molecule has 2 aromatic carbocycles. The first kappa shape index (κ1) is 14.9. The highest BCUT2D eigenvalue weighted by molar-refractivity contribution is 5.31. The fourth-order valence-electron chi connectivity index (χ4n) is 2.68. The summed E-state index contributed by atoms with van der Waals surface area (Å²) < 4.78 is 10.4. The van der Waals surface area contributed by atoms with Crippen LogP contribution in [0.5, 0.6) is 11.5 Å². The number of rotatable bonds is 6. The molecule has 0 radical (unpaired) electrons. The van der Waals surface area contributed by atoms with Crippen LogP contribution < -0.4 is 9.47 Å². The quantitative estimate of drug-likeness (QED) is 0.768. The van der Waals surface area contributed by atoms with Gasteiger partial charge in [-0.15, -0.1) is 0 Å². The van der Waals surface area contributed by atoms with Crippen LogP contribution in [-0.2, 0) is 22.6 Å². The van der Waals surface area contributed by atoms with E-state index >= 15 is 0 Å². The highest BCUT2D eigenvalue weighted by Gasteiger charge is 2.41. The van der Waals surface area contributed by atoms with Gasteiger partial charge in [0.1, 0.15) is 23.7 Å². The van der Waals surface area contributed by atoms with Crippen molar-refractivity contribution in [3.63, 3.8) is 0 Å². The maximum absolute atomic E-state index is 5.48. The molecule has 0 saturated carbocycles. The van der Waals surface area contributed by atoms with Gasteiger partial charge in [-0.3, -0.25) is 0 Å². The van der Waals surface area contributed by atoms with Crippen molar-refractivity contribution in [2.24, 2.45) is 0 Å². The molecule has 0 N–H and O–H groups in total. The molecule has 1 aliphatic rings. The predicted molar refractivity (Wildman–Crippen MR) is 83.2 cm³/mol. The second-order valence-corrected chi connectivity index (χ2v) is 5.58. The van der Waals surface area contributed by atoms with Gasteiger partial charge in [0.25, 0.3) is 0 Å². The van der Waals surface area contributed by atoms with E-state index in [2.05, 4.69) is 24.3 Å². The molecule has 0 spiro atoms. The first-order valence-corrected chi connectivity index (χ1v) is 7.29. The van der Waals surface area contributed by atoms with Crippen LogP contribution in [0.3, 0.4) is 0 Å². The monoisotopic (exact) mass is 300 g/mol. The van der Waals surface area contributed by atoms with E-state index in [9.17, 15) is 0 Å². The van der Waals surface area contributed by atoms with E-state index in [-0.39, 0.29) is 5.60 Å². The zero-order valence-electron chi connectivity index (χ0n) is 12.9. The molecular weight excluding hydrogens is 280 g/mol. The third-order valence-corrected chi connectivity index (χ3v) is 3.93. The minimum atomic E-state index is -0.289. The Morgan fingerprint density at radius 2 is 1.23 bits per heavy atom. The van der Waals surface area contributed by atoms with Crippen LogP contribution in [0.2, 0.25) is 0 Å². The summed E-state index contributed by atoms with van der Waals surface area (Å²) in [5.41, 5.74) is 2.12. The highest BCUT2D eigenvalue weighted by Crippen LogP contribution is 2.31. The minimum absolute atomic E-state index is 0.289. The van der Waals surface area contributed by atoms with Crippen molar-refractivity contribution in [3.05, 3.63) is 59.7 Å². The summed E-state index contributed by atoms with van der Waals surface area (Å²) in [5, 5.41) is 0. The molecule has 0 aliphatic carbocycles. The Kier molecular flexibility index (Phi) is 4.32. The summed E-state index contributed by atoms with van der Waals surface area (Å²) in [5.74, 6) is 1.72. The zero-order valence-corrected chi connectivity index (χ0v) is 12.9. The van der Waals surface area contributed by atoms with Crippen molar-refractivity contribution in [1.29, 1.82) is 0 Å². The van der Waals surface area contributed by atoms with Gasteiger partial charge in [-0.1, -0.05) is 24.3 Å². The number of methoxy groups -OCH3 is 2. The lowest BCUT2D eigenvalue weighted by molar-refractivity contribution is -0.470. The molecule has 116 valence electrons. The van der Waals surface area contributed by atoms with Crippen LogP contribution in [0.1, 0.15) is 11.1 Å². The van der Waals surface area contributed by atoms with E-state index in [1.807, 2.05) is 24.3 Å². The summed E-state index contributed by atoms with van der Waals surface area (Å²) in [7, 11) is 3.34. The van der Waals surface area contributed by atoms with E-state index in [0.29, 0.717) is 6.61 Å². The largest absolute Gasteiger partial charge is 0.497 e. The molecule has 4 nitrogen and oxygen atoms in total. The molecule has 0 unspecified atom stereocenters. The van der Waals surface area contributed by atoms with Gasteiger partial charge in [-0.2, -0.15) is 0 Å². The Balaban J connectivity index is 1.70. The topological polar surface area (TPSA) is 36.9 Å². The standard InChI is InChI=1S/C18H20O4/c1-19-16-7-3-14(4-8-16)11-18(13-21-22-18)12-15-5-9-17(20-2)10-6-15/h3-10H,11-13H2,1-2H3. The lowest BCUT2D eigenvalue weighted by Gasteiger charge is -2.39. The minimum Gasteiger partial charge on any atom is -0.497 e. The maximum atomic E-state index is 5.48. The fourth-order valence-corrected chi connectivity index (χ4v) is 2.68. The van der Waals surface area contributed by atoms with Crippen LogP contribution in [0, 0.1) is 0 Å². The normalized spacial score (nSPS) is 15.9. The molecule has 0 atom stereocenters. The summed E-state index contributed by atoms with van der Waals surface area (Å²) in [6.45, 7) is 0.602. The molecule has 22 heavy (non-hydrogen) atoms. The number of hydrogen-bond donors (Lipinski definition) is 0. The van der Waals surface area contributed by atoms with Crippen LogP contribution in [0.25, 0.3) is 0 Å². The number of hydrogen-bond acceptors (Lipinski definition) is 4. The van der Waals surface area contributed by atoms with Crippen molar-refractivity contribution in [2.45, 2.75) is 18.4 Å². The van der Waals surface area contributed by atoms with Gasteiger partial charge in [0.2, 0.25) is 0 Å². The second-order valence-electron chi connectivity index (χ2n) is 5.58. The Bertz CT molecular complexity index is 548. The molecule has 1 fully saturated rings. The van der Waals surface area contributed by atoms with Gasteiger partial charge in [-0.05, 0) is 35.4 Å². The molecule has 1 heterocycles. The van der Waals surface area contributed by atoms with Gasteiger partial charge in [0, 0.05) is 12.8 Å². The summed E-state index contributed by atoms with van der Waals surface area (Å²) in [6, 6.07) is 16.1. The predicted octanol–water partition coefficient (Wildman–Crippen LogP) is 3.19. The van der Waals surface area contributed by atoms with Crippen molar-refractivity contribution in [1.82, 2.24) is 0 Å². The fraction of sp³-hybridized carbons (Fsp3) is 0.333. The molecule has 0 amide bonds. The lowest BCUT2D eigenvalue weighted by atomic mass is 9.87. The molecule has 2 aromatic rings. The van der Waals surface area contributed by atoms with Gasteiger partial charge in [-0.25, -0.2) is 9.78 Å². The molecular formula is C18H20O4. The smallest absolute Gasteiger partial charge is 0.138 e. The Labute approximate surface area is 130 Å². The van der Waals surface area contributed by atoms with E-state index in [1.54, 1.807) is 14.2 Å². The SMILES string of the molecule is COc1ccc(CC2(Cc3ccc(OC)cc3)COO2)cc1. The Morgan fingerprint density at radius 1 is 0.818 bits per heavy atom. The Hall–Kier alpha value is -2.04. The van der Waals surface area contributed by atoms with Crippen LogP contribution >= 0.6 is 0 Å². The van der Waals surface area contributed by atoms with E-state index in [0.717, 1.165) is 24.3 Å². The van der Waals surface area contributed by atoms with Crippen LogP contribution in [0.15, 0.2) is 48.5 Å². The third-order valence-electron chi connectivity index (χ3n) is 3.93. The lowest BCUT2D eigenvalue weighted by Crippen LogP contribution is -2.51. The summed E-state index contributed by atoms with van der Waals surface area (Å²) in [6.07, 6.45) is 1.62. The van der Waals surface area contributed by atoms with Crippen molar-refractivity contribution in [3.8, 4) is 11.5 Å². The first-order valence-electron chi connectivity index (χ1n) is 7.29. The van der Waals surface area contributed by atoms with Gasteiger partial charge < -0.3 is 9.47 Å². The summed E-state index contributed by atoms with van der Waals surface area (Å²) >= 11 is 0. The van der Waals surface area contributed by atoms with Crippen molar-refractivity contribution < 1.29 is 19.2 Å². The van der Waals surface area contributed by atoms with E-state index in [4.69, 9.17) is 19.2 Å². The molecule has 4 heteroatoms. The number of ether oxygens (including phenoxy) is 2.